The maximum Gasteiger partial charge on any atom is 0.344 e. The van der Waals surface area contributed by atoms with Gasteiger partial charge >= 0.3 is 5.97 Å². The van der Waals surface area contributed by atoms with Crippen LogP contribution in [0.5, 0.6) is 5.75 Å². The molecule has 1 fully saturated rings. The SMILES string of the molecule is C[C@H](NC(=O)c1ccc(C(=N)N)cc1)C(=O)c1ccc(OCC(=O)OCC2CC2)cc1. The Bertz CT molecular complexity index is 966. The largest absolute Gasteiger partial charge is 0.482 e. The molecule has 1 aliphatic rings. The van der Waals surface area contributed by atoms with Crippen molar-refractivity contribution in [3.05, 3.63) is 65.2 Å². The maximum absolute atomic E-state index is 12.6. The van der Waals surface area contributed by atoms with Crippen molar-refractivity contribution in [2.45, 2.75) is 25.8 Å². The summed E-state index contributed by atoms with van der Waals surface area (Å²) in [5.74, 6) is -0.221. The van der Waals surface area contributed by atoms with Gasteiger partial charge in [0.05, 0.1) is 12.6 Å². The molecule has 2 aromatic rings. The molecule has 162 valence electrons. The van der Waals surface area contributed by atoms with E-state index in [-0.39, 0.29) is 18.2 Å². The van der Waals surface area contributed by atoms with Crippen LogP contribution in [0.15, 0.2) is 48.5 Å². The first-order valence-electron chi connectivity index (χ1n) is 10.0. The number of ether oxygens (including phenoxy) is 2. The van der Waals surface area contributed by atoms with Crippen molar-refractivity contribution in [3.63, 3.8) is 0 Å². The van der Waals surface area contributed by atoms with Gasteiger partial charge in [-0.05, 0) is 62.1 Å². The molecule has 0 bridgehead atoms. The highest BCUT2D eigenvalue weighted by molar-refractivity contribution is 6.04. The molecule has 0 heterocycles. The maximum atomic E-state index is 12.6. The molecule has 2 aromatic carbocycles. The summed E-state index contributed by atoms with van der Waals surface area (Å²) in [5, 5.41) is 10.0. The van der Waals surface area contributed by atoms with E-state index in [4.69, 9.17) is 20.6 Å². The number of amidine groups is 1. The minimum atomic E-state index is -0.746. The van der Waals surface area contributed by atoms with Crippen molar-refractivity contribution in [2.75, 3.05) is 13.2 Å². The second-order valence-corrected chi connectivity index (χ2v) is 7.49. The first-order valence-corrected chi connectivity index (χ1v) is 10.0. The summed E-state index contributed by atoms with van der Waals surface area (Å²) >= 11 is 0. The fraction of sp³-hybridized carbons (Fsp3) is 0.304. The number of benzene rings is 2. The Morgan fingerprint density at radius 1 is 1.03 bits per heavy atom. The van der Waals surface area contributed by atoms with Gasteiger partial charge in [-0.1, -0.05) is 12.1 Å². The molecule has 1 saturated carbocycles. The van der Waals surface area contributed by atoms with E-state index in [1.165, 1.54) is 0 Å². The van der Waals surface area contributed by atoms with Gasteiger partial charge in [0.15, 0.2) is 12.4 Å². The second kappa shape index (κ2) is 9.88. The van der Waals surface area contributed by atoms with E-state index in [0.717, 1.165) is 12.8 Å². The number of hydrogen-bond donors (Lipinski definition) is 3. The van der Waals surface area contributed by atoms with Crippen LogP contribution in [0.3, 0.4) is 0 Å². The number of rotatable bonds is 10. The predicted molar refractivity (Wildman–Crippen MR) is 114 cm³/mol. The minimum absolute atomic E-state index is 0.0851. The van der Waals surface area contributed by atoms with Crippen LogP contribution in [0, 0.1) is 11.3 Å². The molecule has 1 amide bonds. The number of esters is 1. The Kier molecular flexibility index (Phi) is 7.02. The summed E-state index contributed by atoms with van der Waals surface area (Å²) in [6.45, 7) is 1.86. The first-order chi connectivity index (χ1) is 14.8. The fourth-order valence-corrected chi connectivity index (χ4v) is 2.79. The zero-order chi connectivity index (χ0) is 22.4. The van der Waals surface area contributed by atoms with E-state index in [1.54, 1.807) is 55.5 Å². The average Bonchev–Trinajstić information content (AvgIpc) is 3.60. The molecule has 1 aliphatic carbocycles. The number of nitrogens with one attached hydrogen (secondary N) is 2. The number of ketones is 1. The molecule has 3 rings (SSSR count). The second-order valence-electron chi connectivity index (χ2n) is 7.49. The van der Waals surface area contributed by atoms with Crippen LogP contribution >= 0.6 is 0 Å². The predicted octanol–water partition coefficient (Wildman–Crippen LogP) is 2.30. The lowest BCUT2D eigenvalue weighted by atomic mass is 10.0. The van der Waals surface area contributed by atoms with Gasteiger partial charge in [-0.2, -0.15) is 0 Å². The molecule has 0 spiro atoms. The Hall–Kier alpha value is -3.68. The van der Waals surface area contributed by atoms with E-state index in [0.29, 0.717) is 35.0 Å². The summed E-state index contributed by atoms with van der Waals surface area (Å²) in [6, 6.07) is 11.8. The summed E-state index contributed by atoms with van der Waals surface area (Å²) in [7, 11) is 0. The van der Waals surface area contributed by atoms with Crippen molar-refractivity contribution >= 4 is 23.5 Å². The molecular weight excluding hydrogens is 398 g/mol. The van der Waals surface area contributed by atoms with Crippen molar-refractivity contribution in [1.82, 2.24) is 5.32 Å². The quantitative estimate of drug-likeness (QED) is 0.233. The molecular formula is C23H25N3O5. The molecule has 0 aliphatic heterocycles. The number of nitrogen functional groups attached to an aromatic ring is 1. The highest BCUT2D eigenvalue weighted by Gasteiger charge is 2.23. The normalized spacial score (nSPS) is 13.7. The van der Waals surface area contributed by atoms with Gasteiger partial charge in [0.1, 0.15) is 11.6 Å². The number of nitrogens with two attached hydrogens (primary N) is 1. The summed E-state index contributed by atoms with van der Waals surface area (Å²) in [4.78, 5) is 36.6. The summed E-state index contributed by atoms with van der Waals surface area (Å²) < 4.78 is 10.5. The van der Waals surface area contributed by atoms with Gasteiger partial charge in [-0.25, -0.2) is 4.79 Å². The van der Waals surface area contributed by atoms with Gasteiger partial charge in [0, 0.05) is 16.7 Å². The van der Waals surface area contributed by atoms with Gasteiger partial charge < -0.3 is 20.5 Å². The van der Waals surface area contributed by atoms with Crippen LogP contribution in [0.2, 0.25) is 0 Å². The number of hydrogen-bond acceptors (Lipinski definition) is 6. The van der Waals surface area contributed by atoms with E-state index in [1.807, 2.05) is 0 Å². The van der Waals surface area contributed by atoms with Gasteiger partial charge in [-0.3, -0.25) is 15.0 Å². The Morgan fingerprint density at radius 2 is 1.61 bits per heavy atom. The molecule has 0 unspecified atom stereocenters. The lowest BCUT2D eigenvalue weighted by molar-refractivity contribution is -0.146. The van der Waals surface area contributed by atoms with Crippen LogP contribution in [0.1, 0.15) is 46.0 Å². The molecule has 1 atom stereocenters. The number of carbonyl (C=O) groups excluding carboxylic acids is 3. The monoisotopic (exact) mass is 423 g/mol. The van der Waals surface area contributed by atoms with Crippen LogP contribution in [-0.4, -0.2) is 42.8 Å². The standard InChI is InChI=1S/C23H25N3O5/c1-14(26-23(29)18-6-4-17(5-7-18)22(24)25)21(28)16-8-10-19(11-9-16)30-13-20(27)31-12-15-2-3-15/h4-11,14-15H,2-3,12-13H2,1H3,(H3,24,25)(H,26,29)/t14-/m0/s1. The van der Waals surface area contributed by atoms with Crippen molar-refractivity contribution in [1.29, 1.82) is 5.41 Å². The topological polar surface area (TPSA) is 132 Å². The molecule has 4 N–H and O–H groups in total. The molecule has 8 heteroatoms. The Morgan fingerprint density at radius 3 is 2.19 bits per heavy atom. The minimum Gasteiger partial charge on any atom is -0.482 e. The van der Waals surface area contributed by atoms with Crippen molar-refractivity contribution in [2.24, 2.45) is 11.7 Å². The fourth-order valence-electron chi connectivity index (χ4n) is 2.79. The van der Waals surface area contributed by atoms with E-state index >= 15 is 0 Å². The van der Waals surface area contributed by atoms with E-state index < -0.39 is 17.9 Å². The number of Topliss-reactive ketones (excluding diaryl/α,β-unsaturated/α-hetero) is 1. The van der Waals surface area contributed by atoms with Crippen LogP contribution in [-0.2, 0) is 9.53 Å². The summed E-state index contributed by atoms with van der Waals surface area (Å²) in [5.41, 5.74) is 6.68. The third-order valence-corrected chi connectivity index (χ3v) is 4.87. The molecule has 0 aromatic heterocycles. The van der Waals surface area contributed by atoms with E-state index in [9.17, 15) is 14.4 Å². The lowest BCUT2D eigenvalue weighted by Crippen LogP contribution is -2.38. The highest BCUT2D eigenvalue weighted by atomic mass is 16.6. The highest BCUT2D eigenvalue weighted by Crippen LogP contribution is 2.28. The third-order valence-electron chi connectivity index (χ3n) is 4.87. The Balaban J connectivity index is 1.49. The van der Waals surface area contributed by atoms with Gasteiger partial charge in [0.2, 0.25) is 0 Å². The zero-order valence-electron chi connectivity index (χ0n) is 17.2. The van der Waals surface area contributed by atoms with Crippen molar-refractivity contribution < 1.29 is 23.9 Å². The van der Waals surface area contributed by atoms with E-state index in [2.05, 4.69) is 5.32 Å². The van der Waals surface area contributed by atoms with Crippen molar-refractivity contribution in [3.8, 4) is 5.75 Å². The first kappa shape index (κ1) is 22.0. The Labute approximate surface area is 180 Å². The average molecular weight is 423 g/mol. The lowest BCUT2D eigenvalue weighted by Gasteiger charge is -2.14. The molecule has 31 heavy (non-hydrogen) atoms. The molecule has 8 nitrogen and oxygen atoms in total. The summed E-state index contributed by atoms with van der Waals surface area (Å²) in [6.07, 6.45) is 2.21. The molecule has 0 saturated heterocycles. The number of amides is 1. The molecule has 0 radical (unpaired) electrons. The van der Waals surface area contributed by atoms with Crippen LogP contribution in [0.4, 0.5) is 0 Å². The van der Waals surface area contributed by atoms with Crippen LogP contribution < -0.4 is 15.8 Å². The van der Waals surface area contributed by atoms with Crippen LogP contribution in [0.25, 0.3) is 0 Å². The third kappa shape index (κ3) is 6.40. The smallest absolute Gasteiger partial charge is 0.344 e. The zero-order valence-corrected chi connectivity index (χ0v) is 17.2. The van der Waals surface area contributed by atoms with Gasteiger partial charge in [0.25, 0.3) is 5.91 Å². The number of carbonyl (C=O) groups is 3. The van der Waals surface area contributed by atoms with Gasteiger partial charge in [-0.15, -0.1) is 0 Å².